The van der Waals surface area contributed by atoms with Crippen molar-refractivity contribution in [2.75, 3.05) is 11.9 Å². The minimum Gasteiger partial charge on any atom is -0.481 e. The van der Waals surface area contributed by atoms with E-state index in [4.69, 9.17) is 4.74 Å². The van der Waals surface area contributed by atoms with Gasteiger partial charge in [0.25, 0.3) is 0 Å². The predicted molar refractivity (Wildman–Crippen MR) is 111 cm³/mol. The monoisotopic (exact) mass is 406 g/mol. The van der Waals surface area contributed by atoms with Crippen molar-refractivity contribution in [3.8, 4) is 22.4 Å². The number of ether oxygens (including phenoxy) is 1. The van der Waals surface area contributed by atoms with Crippen LogP contribution in [0.1, 0.15) is 25.3 Å². The Morgan fingerprint density at radius 1 is 1.13 bits per heavy atom. The topological polar surface area (TPSA) is 106 Å². The molecule has 1 aliphatic rings. The highest BCUT2D eigenvalue weighted by molar-refractivity contribution is 5.90. The molecule has 0 saturated heterocycles. The maximum absolute atomic E-state index is 11.8. The van der Waals surface area contributed by atoms with Crippen LogP contribution >= 0.6 is 0 Å². The highest BCUT2D eigenvalue weighted by atomic mass is 16.5. The molecule has 1 fully saturated rings. The van der Waals surface area contributed by atoms with Crippen LogP contribution in [0.4, 0.5) is 10.6 Å². The van der Waals surface area contributed by atoms with Gasteiger partial charge in [0.05, 0.1) is 23.9 Å². The van der Waals surface area contributed by atoms with Crippen LogP contribution in [0.15, 0.2) is 48.8 Å². The Labute approximate surface area is 173 Å². The zero-order valence-corrected chi connectivity index (χ0v) is 16.8. The Kier molecular flexibility index (Phi) is 4.99. The van der Waals surface area contributed by atoms with Gasteiger partial charge >= 0.3 is 12.1 Å². The molecule has 8 heteroatoms. The highest BCUT2D eigenvalue weighted by Gasteiger charge is 2.51. The third-order valence-corrected chi connectivity index (χ3v) is 5.40. The van der Waals surface area contributed by atoms with E-state index in [0.29, 0.717) is 18.7 Å². The van der Waals surface area contributed by atoms with E-state index in [1.807, 2.05) is 36.4 Å². The number of amides is 1. The summed E-state index contributed by atoms with van der Waals surface area (Å²) in [6, 6.07) is 11.4. The maximum atomic E-state index is 11.8. The number of aryl methyl sites for hydroxylation is 1. The lowest BCUT2D eigenvalue weighted by Crippen LogP contribution is -2.19. The van der Waals surface area contributed by atoms with Crippen molar-refractivity contribution in [3.63, 3.8) is 0 Å². The van der Waals surface area contributed by atoms with Gasteiger partial charge in [-0.1, -0.05) is 30.3 Å². The molecule has 0 spiro atoms. The van der Waals surface area contributed by atoms with Crippen LogP contribution in [0, 0.1) is 0 Å². The molecule has 1 amide bonds. The fourth-order valence-corrected chi connectivity index (χ4v) is 3.48. The third-order valence-electron chi connectivity index (χ3n) is 5.40. The number of carbonyl (C=O) groups is 2. The number of anilines is 1. The lowest BCUT2D eigenvalue weighted by molar-refractivity contribution is -0.140. The second kappa shape index (κ2) is 7.62. The van der Waals surface area contributed by atoms with Crippen molar-refractivity contribution >= 4 is 17.9 Å². The van der Waals surface area contributed by atoms with Crippen LogP contribution in [-0.4, -0.2) is 38.5 Å². The molecule has 1 aromatic carbocycles. The minimum atomic E-state index is -0.787. The number of carboxylic acids is 1. The number of rotatable bonds is 6. The van der Waals surface area contributed by atoms with Gasteiger partial charge in [0.15, 0.2) is 0 Å². The van der Waals surface area contributed by atoms with Crippen molar-refractivity contribution in [2.45, 2.75) is 25.2 Å². The SMILES string of the molecule is CCOC(=O)Nc1c(-c2ccc(-c3ccc(C4(C(=O)O)CC4)cn3)cc2)cnn1C. The van der Waals surface area contributed by atoms with Crippen LogP contribution in [0.5, 0.6) is 0 Å². The smallest absolute Gasteiger partial charge is 0.412 e. The maximum Gasteiger partial charge on any atom is 0.412 e. The molecule has 1 aliphatic carbocycles. The standard InChI is InChI=1S/C22H22N4O4/c1-3-30-21(29)25-19-17(13-24-26(19)2)14-4-6-15(7-5-14)18-9-8-16(12-23-18)22(10-11-22)20(27)28/h4-9,12-13H,3,10-11H2,1-2H3,(H,25,29)(H,27,28). The lowest BCUT2D eigenvalue weighted by Gasteiger charge is -2.11. The van der Waals surface area contributed by atoms with Gasteiger partial charge in [-0.3, -0.25) is 19.8 Å². The third kappa shape index (κ3) is 3.52. The van der Waals surface area contributed by atoms with Crippen LogP contribution in [0.2, 0.25) is 0 Å². The Balaban J connectivity index is 1.56. The molecule has 154 valence electrons. The van der Waals surface area contributed by atoms with Crippen molar-refractivity contribution in [2.24, 2.45) is 7.05 Å². The number of nitrogens with zero attached hydrogens (tertiary/aromatic N) is 3. The van der Waals surface area contributed by atoms with Gasteiger partial charge < -0.3 is 9.84 Å². The van der Waals surface area contributed by atoms with Crippen LogP contribution in [-0.2, 0) is 22.0 Å². The van der Waals surface area contributed by atoms with E-state index in [0.717, 1.165) is 27.9 Å². The molecular weight excluding hydrogens is 384 g/mol. The normalized spacial score (nSPS) is 14.2. The van der Waals surface area contributed by atoms with E-state index in [2.05, 4.69) is 15.4 Å². The first-order chi connectivity index (χ1) is 14.4. The molecular formula is C22H22N4O4. The average Bonchev–Trinajstić information content (AvgIpc) is 3.49. The van der Waals surface area contributed by atoms with E-state index in [9.17, 15) is 14.7 Å². The number of benzene rings is 1. The number of pyridine rings is 1. The Bertz CT molecular complexity index is 1080. The van der Waals surface area contributed by atoms with E-state index in [1.165, 1.54) is 0 Å². The number of hydrogen-bond acceptors (Lipinski definition) is 5. The quantitative estimate of drug-likeness (QED) is 0.644. The summed E-state index contributed by atoms with van der Waals surface area (Å²) in [5, 5.41) is 16.4. The van der Waals surface area contributed by atoms with E-state index in [1.54, 1.807) is 31.0 Å². The Morgan fingerprint density at radius 2 is 1.83 bits per heavy atom. The molecule has 30 heavy (non-hydrogen) atoms. The molecule has 2 aromatic heterocycles. The van der Waals surface area contributed by atoms with Crippen LogP contribution in [0.25, 0.3) is 22.4 Å². The second-order valence-corrected chi connectivity index (χ2v) is 7.27. The summed E-state index contributed by atoms with van der Waals surface area (Å²) in [6.07, 6.45) is 4.13. The number of carbonyl (C=O) groups excluding carboxylic acids is 1. The summed E-state index contributed by atoms with van der Waals surface area (Å²) < 4.78 is 6.53. The van der Waals surface area contributed by atoms with Crippen LogP contribution < -0.4 is 5.32 Å². The molecule has 0 atom stereocenters. The molecule has 0 aliphatic heterocycles. The Morgan fingerprint density at radius 3 is 2.40 bits per heavy atom. The van der Waals surface area contributed by atoms with E-state index in [-0.39, 0.29) is 6.61 Å². The van der Waals surface area contributed by atoms with Crippen LogP contribution in [0.3, 0.4) is 0 Å². The number of aromatic nitrogens is 3. The summed E-state index contributed by atoms with van der Waals surface area (Å²) in [4.78, 5) is 27.8. The molecule has 4 rings (SSSR count). The number of nitrogens with one attached hydrogen (secondary N) is 1. The van der Waals surface area contributed by atoms with Crippen molar-refractivity contribution in [1.82, 2.24) is 14.8 Å². The minimum absolute atomic E-state index is 0.285. The summed E-state index contributed by atoms with van der Waals surface area (Å²) in [5.74, 6) is -0.239. The van der Waals surface area contributed by atoms with Gasteiger partial charge in [0.2, 0.25) is 0 Å². The molecule has 2 heterocycles. The Hall–Kier alpha value is -3.68. The number of aliphatic carboxylic acids is 1. The van der Waals surface area contributed by atoms with Gasteiger partial charge in [-0.2, -0.15) is 5.10 Å². The zero-order chi connectivity index (χ0) is 21.3. The van der Waals surface area contributed by atoms with Gasteiger partial charge in [0, 0.05) is 24.4 Å². The van der Waals surface area contributed by atoms with Gasteiger partial charge in [-0.15, -0.1) is 0 Å². The summed E-state index contributed by atoms with van der Waals surface area (Å²) >= 11 is 0. The summed E-state index contributed by atoms with van der Waals surface area (Å²) in [7, 11) is 1.74. The summed E-state index contributed by atoms with van der Waals surface area (Å²) in [6.45, 7) is 2.03. The largest absolute Gasteiger partial charge is 0.481 e. The molecule has 8 nitrogen and oxygen atoms in total. The number of hydrogen-bond donors (Lipinski definition) is 2. The van der Waals surface area contributed by atoms with Gasteiger partial charge in [0.1, 0.15) is 5.82 Å². The average molecular weight is 406 g/mol. The first kappa shape index (κ1) is 19.6. The summed E-state index contributed by atoms with van der Waals surface area (Å²) in [5.41, 5.74) is 3.34. The fourth-order valence-electron chi connectivity index (χ4n) is 3.48. The lowest BCUT2D eigenvalue weighted by atomic mass is 9.97. The van der Waals surface area contributed by atoms with Gasteiger partial charge in [-0.25, -0.2) is 4.79 Å². The number of carboxylic acid groups (broad SMARTS) is 1. The van der Waals surface area contributed by atoms with Gasteiger partial charge in [-0.05, 0) is 37.0 Å². The first-order valence-electron chi connectivity index (χ1n) is 9.71. The first-order valence-corrected chi connectivity index (χ1v) is 9.71. The van der Waals surface area contributed by atoms with E-state index >= 15 is 0 Å². The molecule has 0 unspecified atom stereocenters. The van der Waals surface area contributed by atoms with E-state index < -0.39 is 17.5 Å². The predicted octanol–water partition coefficient (Wildman–Crippen LogP) is 3.83. The molecule has 0 radical (unpaired) electrons. The molecule has 1 saturated carbocycles. The second-order valence-electron chi connectivity index (χ2n) is 7.27. The molecule has 0 bridgehead atoms. The molecule has 2 N–H and O–H groups in total. The van der Waals surface area contributed by atoms with Crippen molar-refractivity contribution < 1.29 is 19.4 Å². The fraction of sp³-hybridized carbons (Fsp3) is 0.273. The molecule has 3 aromatic rings. The highest BCUT2D eigenvalue weighted by Crippen LogP contribution is 2.48. The van der Waals surface area contributed by atoms with Crippen molar-refractivity contribution in [1.29, 1.82) is 0 Å². The zero-order valence-electron chi connectivity index (χ0n) is 16.8. The van der Waals surface area contributed by atoms with Crippen molar-refractivity contribution in [3.05, 3.63) is 54.4 Å².